The van der Waals surface area contributed by atoms with E-state index in [1.807, 2.05) is 35.2 Å². The first-order valence-corrected chi connectivity index (χ1v) is 5.21. The number of carboxylic acid groups (broad SMARTS) is 1. The first-order chi connectivity index (χ1) is 7.18. The summed E-state index contributed by atoms with van der Waals surface area (Å²) in [5.74, 6) is -0.705. The second kappa shape index (κ2) is 4.03. The average Bonchev–Trinajstić information content (AvgIpc) is 2.23. The summed E-state index contributed by atoms with van der Waals surface area (Å²) in [6.07, 6.45) is 0.766. The van der Waals surface area contributed by atoms with Crippen molar-refractivity contribution in [3.63, 3.8) is 0 Å². The predicted octanol–water partition coefficient (Wildman–Crippen LogP) is 1.73. The van der Waals surface area contributed by atoms with Crippen molar-refractivity contribution < 1.29 is 9.90 Å². The van der Waals surface area contributed by atoms with Gasteiger partial charge in [0.15, 0.2) is 0 Å². The molecular formula is C12H15NO2. The maximum Gasteiger partial charge on any atom is 0.320 e. The molecular weight excluding hydrogens is 190 g/mol. The second-order valence-electron chi connectivity index (χ2n) is 4.10. The van der Waals surface area contributed by atoms with Crippen molar-refractivity contribution in [2.24, 2.45) is 0 Å². The number of rotatable bonds is 3. The van der Waals surface area contributed by atoms with Crippen LogP contribution in [0.4, 0.5) is 0 Å². The monoisotopic (exact) mass is 205 g/mol. The van der Waals surface area contributed by atoms with Crippen molar-refractivity contribution in [1.82, 2.24) is 4.90 Å². The molecule has 1 fully saturated rings. The van der Waals surface area contributed by atoms with Crippen LogP contribution < -0.4 is 0 Å². The molecule has 1 aliphatic heterocycles. The molecule has 1 aromatic carbocycles. The van der Waals surface area contributed by atoms with Gasteiger partial charge >= 0.3 is 5.97 Å². The van der Waals surface area contributed by atoms with Gasteiger partial charge in [0.1, 0.15) is 6.04 Å². The van der Waals surface area contributed by atoms with Crippen molar-refractivity contribution in [3.8, 4) is 0 Å². The second-order valence-corrected chi connectivity index (χ2v) is 4.10. The molecule has 1 heterocycles. The van der Waals surface area contributed by atoms with E-state index in [1.54, 1.807) is 0 Å². The Hall–Kier alpha value is -1.35. The van der Waals surface area contributed by atoms with E-state index >= 15 is 0 Å². The molecule has 0 aromatic heterocycles. The van der Waals surface area contributed by atoms with Crippen LogP contribution in [0.3, 0.4) is 0 Å². The molecule has 1 saturated heterocycles. The van der Waals surface area contributed by atoms with E-state index in [2.05, 4.69) is 6.92 Å². The lowest BCUT2D eigenvalue weighted by molar-refractivity contribution is -0.152. The zero-order chi connectivity index (χ0) is 10.8. The molecule has 3 heteroatoms. The van der Waals surface area contributed by atoms with E-state index in [0.717, 1.165) is 13.0 Å². The fraction of sp³-hybridized carbons (Fsp3) is 0.417. The van der Waals surface area contributed by atoms with Gasteiger partial charge in [0.05, 0.1) is 0 Å². The van der Waals surface area contributed by atoms with Gasteiger partial charge in [0, 0.05) is 12.6 Å². The largest absolute Gasteiger partial charge is 0.480 e. The maximum atomic E-state index is 10.9. The summed E-state index contributed by atoms with van der Waals surface area (Å²) < 4.78 is 0. The molecule has 80 valence electrons. The van der Waals surface area contributed by atoms with E-state index in [-0.39, 0.29) is 6.04 Å². The van der Waals surface area contributed by atoms with E-state index < -0.39 is 5.97 Å². The summed E-state index contributed by atoms with van der Waals surface area (Å²) in [5, 5.41) is 8.96. The van der Waals surface area contributed by atoms with Gasteiger partial charge in [-0.3, -0.25) is 9.69 Å². The highest BCUT2D eigenvalue weighted by atomic mass is 16.4. The maximum absolute atomic E-state index is 10.9. The van der Waals surface area contributed by atoms with Crippen molar-refractivity contribution in [2.45, 2.75) is 32.0 Å². The minimum absolute atomic E-state index is 0.291. The first kappa shape index (κ1) is 10.2. The van der Waals surface area contributed by atoms with Crippen LogP contribution in [-0.2, 0) is 11.3 Å². The molecule has 2 atom stereocenters. The Labute approximate surface area is 89.3 Å². The van der Waals surface area contributed by atoms with Crippen molar-refractivity contribution in [2.75, 3.05) is 0 Å². The number of carbonyl (C=O) groups is 1. The van der Waals surface area contributed by atoms with Gasteiger partial charge in [-0.25, -0.2) is 0 Å². The summed E-state index contributed by atoms with van der Waals surface area (Å²) in [6, 6.07) is 10.1. The van der Waals surface area contributed by atoms with Crippen LogP contribution in [0.25, 0.3) is 0 Å². The zero-order valence-electron chi connectivity index (χ0n) is 8.76. The molecule has 1 N–H and O–H groups in total. The molecule has 0 bridgehead atoms. The number of aliphatic carboxylic acids is 1. The Bertz CT molecular complexity index is 350. The normalized spacial score (nSPS) is 25.9. The number of hydrogen-bond acceptors (Lipinski definition) is 2. The van der Waals surface area contributed by atoms with Gasteiger partial charge in [-0.1, -0.05) is 30.3 Å². The highest BCUT2D eigenvalue weighted by Gasteiger charge is 2.39. The third-order valence-corrected chi connectivity index (χ3v) is 3.02. The van der Waals surface area contributed by atoms with Crippen LogP contribution in [0, 0.1) is 0 Å². The van der Waals surface area contributed by atoms with Crippen LogP contribution in [0.2, 0.25) is 0 Å². The predicted molar refractivity (Wildman–Crippen MR) is 57.5 cm³/mol. The van der Waals surface area contributed by atoms with Gasteiger partial charge in [0.25, 0.3) is 0 Å². The summed E-state index contributed by atoms with van der Waals surface area (Å²) in [4.78, 5) is 12.9. The Morgan fingerprint density at radius 3 is 2.67 bits per heavy atom. The number of nitrogens with zero attached hydrogens (tertiary/aromatic N) is 1. The molecule has 0 radical (unpaired) electrons. The SMILES string of the molecule is C[C@H]1C[C@H](C(=O)O)N1Cc1ccccc1. The van der Waals surface area contributed by atoms with Crippen LogP contribution in [-0.4, -0.2) is 28.1 Å². The van der Waals surface area contributed by atoms with Crippen molar-refractivity contribution >= 4 is 5.97 Å². The molecule has 1 aromatic rings. The number of benzene rings is 1. The van der Waals surface area contributed by atoms with Crippen molar-refractivity contribution in [1.29, 1.82) is 0 Å². The van der Waals surface area contributed by atoms with Crippen LogP contribution >= 0.6 is 0 Å². The Balaban J connectivity index is 2.02. The van der Waals surface area contributed by atoms with Gasteiger partial charge in [-0.2, -0.15) is 0 Å². The Morgan fingerprint density at radius 1 is 1.47 bits per heavy atom. The lowest BCUT2D eigenvalue weighted by Crippen LogP contribution is -2.57. The van der Waals surface area contributed by atoms with E-state index in [0.29, 0.717) is 6.04 Å². The Kier molecular flexibility index (Phi) is 2.73. The number of hydrogen-bond donors (Lipinski definition) is 1. The van der Waals surface area contributed by atoms with Gasteiger partial charge in [-0.15, -0.1) is 0 Å². The summed E-state index contributed by atoms with van der Waals surface area (Å²) in [7, 11) is 0. The molecule has 0 aliphatic carbocycles. The van der Waals surface area contributed by atoms with Gasteiger partial charge < -0.3 is 5.11 Å². The standard InChI is InChI=1S/C12H15NO2/c1-9-7-11(12(14)15)13(9)8-10-5-3-2-4-6-10/h2-6,9,11H,7-8H2,1H3,(H,14,15)/t9-,11+/m0/s1. The molecule has 1 aliphatic rings. The summed E-state index contributed by atoms with van der Waals surface area (Å²) >= 11 is 0. The average molecular weight is 205 g/mol. The molecule has 2 rings (SSSR count). The smallest absolute Gasteiger partial charge is 0.320 e. The highest BCUT2D eigenvalue weighted by Crippen LogP contribution is 2.27. The van der Waals surface area contributed by atoms with E-state index in [1.165, 1.54) is 5.56 Å². The fourth-order valence-corrected chi connectivity index (χ4v) is 2.07. The van der Waals surface area contributed by atoms with Crippen LogP contribution in [0.5, 0.6) is 0 Å². The minimum atomic E-state index is -0.705. The topological polar surface area (TPSA) is 40.5 Å². The summed E-state index contributed by atoms with van der Waals surface area (Å²) in [6.45, 7) is 2.81. The minimum Gasteiger partial charge on any atom is -0.480 e. The van der Waals surface area contributed by atoms with Crippen LogP contribution in [0.15, 0.2) is 30.3 Å². The number of likely N-dealkylation sites (tertiary alicyclic amines) is 1. The number of carboxylic acids is 1. The lowest BCUT2D eigenvalue weighted by atomic mass is 9.93. The lowest BCUT2D eigenvalue weighted by Gasteiger charge is -2.44. The van der Waals surface area contributed by atoms with Crippen molar-refractivity contribution in [3.05, 3.63) is 35.9 Å². The third-order valence-electron chi connectivity index (χ3n) is 3.02. The third kappa shape index (κ3) is 2.02. The van der Waals surface area contributed by atoms with E-state index in [9.17, 15) is 4.79 Å². The van der Waals surface area contributed by atoms with E-state index in [4.69, 9.17) is 5.11 Å². The molecule has 0 spiro atoms. The summed E-state index contributed by atoms with van der Waals surface area (Å²) in [5.41, 5.74) is 1.18. The molecule has 3 nitrogen and oxygen atoms in total. The van der Waals surface area contributed by atoms with Crippen LogP contribution in [0.1, 0.15) is 18.9 Å². The van der Waals surface area contributed by atoms with Gasteiger partial charge in [0.2, 0.25) is 0 Å². The first-order valence-electron chi connectivity index (χ1n) is 5.21. The highest BCUT2D eigenvalue weighted by molar-refractivity contribution is 5.74. The quantitative estimate of drug-likeness (QED) is 0.817. The molecule has 0 amide bonds. The van der Waals surface area contributed by atoms with Gasteiger partial charge in [-0.05, 0) is 18.9 Å². The Morgan fingerprint density at radius 2 is 2.13 bits per heavy atom. The fourth-order valence-electron chi connectivity index (χ4n) is 2.07. The molecule has 15 heavy (non-hydrogen) atoms. The molecule has 0 unspecified atom stereocenters. The zero-order valence-corrected chi connectivity index (χ0v) is 8.76. The molecule has 0 saturated carbocycles.